The van der Waals surface area contributed by atoms with Gasteiger partial charge in [0, 0.05) is 6.04 Å². The quantitative estimate of drug-likeness (QED) is 0.601. The molecular weight excluding hydrogens is 310 g/mol. The zero-order chi connectivity index (χ0) is 17.6. The van der Waals surface area contributed by atoms with Crippen molar-refractivity contribution in [2.45, 2.75) is 38.4 Å². The van der Waals surface area contributed by atoms with Crippen LogP contribution in [0.4, 0.5) is 0 Å². The van der Waals surface area contributed by atoms with Gasteiger partial charge >= 0.3 is 5.97 Å². The van der Waals surface area contributed by atoms with Gasteiger partial charge < -0.3 is 4.74 Å². The fraction of sp³-hybridized carbons (Fsp3) is 0.318. The van der Waals surface area contributed by atoms with Crippen molar-refractivity contribution in [2.24, 2.45) is 0 Å². The highest BCUT2D eigenvalue weighted by Gasteiger charge is 2.37. The fourth-order valence-corrected chi connectivity index (χ4v) is 3.59. The van der Waals surface area contributed by atoms with E-state index in [9.17, 15) is 4.79 Å². The summed E-state index contributed by atoms with van der Waals surface area (Å²) in [6.45, 7) is 4.40. The van der Waals surface area contributed by atoms with Gasteiger partial charge in [-0.25, -0.2) is 0 Å². The van der Waals surface area contributed by atoms with Crippen LogP contribution in [0.3, 0.4) is 0 Å². The van der Waals surface area contributed by atoms with Crippen LogP contribution in [0, 0.1) is 0 Å². The van der Waals surface area contributed by atoms with Gasteiger partial charge in [0.1, 0.15) is 6.04 Å². The molecule has 3 heteroatoms. The minimum atomic E-state index is -0.273. The number of hydrogen-bond acceptors (Lipinski definition) is 3. The van der Waals surface area contributed by atoms with Gasteiger partial charge in [0.2, 0.25) is 0 Å². The Labute approximate surface area is 149 Å². The first kappa shape index (κ1) is 17.4. The Hall–Kier alpha value is -2.39. The van der Waals surface area contributed by atoms with Gasteiger partial charge in [-0.2, -0.15) is 0 Å². The lowest BCUT2D eigenvalue weighted by molar-refractivity contribution is -0.151. The molecule has 0 spiro atoms. The summed E-state index contributed by atoms with van der Waals surface area (Å²) in [5.74, 6) is -0.143. The molecular formula is C22H25NO2. The Morgan fingerprint density at radius 3 is 2.16 bits per heavy atom. The maximum absolute atomic E-state index is 12.6. The molecule has 25 heavy (non-hydrogen) atoms. The van der Waals surface area contributed by atoms with Gasteiger partial charge in [-0.05, 0) is 31.4 Å². The molecule has 2 unspecified atom stereocenters. The van der Waals surface area contributed by atoms with Crippen molar-refractivity contribution in [1.82, 2.24) is 4.90 Å². The molecule has 0 aromatic heterocycles. The van der Waals surface area contributed by atoms with Crippen LogP contribution in [0.25, 0.3) is 0 Å². The van der Waals surface area contributed by atoms with Crippen LogP contribution in [-0.2, 0) is 9.53 Å². The molecule has 0 saturated heterocycles. The smallest absolute Gasteiger partial charge is 0.323 e. The minimum absolute atomic E-state index is 0.0109. The average Bonchev–Trinajstić information content (AvgIpc) is 2.65. The van der Waals surface area contributed by atoms with Crippen molar-refractivity contribution >= 4 is 5.97 Å². The number of carbonyl (C=O) groups excluding carboxylic acids is 1. The highest BCUT2D eigenvalue weighted by atomic mass is 16.5. The van der Waals surface area contributed by atoms with Gasteiger partial charge in [0.05, 0.1) is 12.6 Å². The lowest BCUT2D eigenvalue weighted by atomic mass is 9.91. The zero-order valence-electron chi connectivity index (χ0n) is 14.8. The second-order valence-electron chi connectivity index (χ2n) is 6.34. The summed E-state index contributed by atoms with van der Waals surface area (Å²) in [6.07, 6.45) is 4.95. The summed E-state index contributed by atoms with van der Waals surface area (Å²) >= 11 is 0. The van der Waals surface area contributed by atoms with Crippen molar-refractivity contribution in [2.75, 3.05) is 6.61 Å². The molecule has 0 bridgehead atoms. The first-order valence-electron chi connectivity index (χ1n) is 8.93. The summed E-state index contributed by atoms with van der Waals surface area (Å²) < 4.78 is 5.37. The monoisotopic (exact) mass is 335 g/mol. The number of hydrogen-bond donors (Lipinski definition) is 0. The topological polar surface area (TPSA) is 29.5 Å². The molecule has 3 rings (SSSR count). The van der Waals surface area contributed by atoms with Crippen molar-refractivity contribution in [1.29, 1.82) is 0 Å². The molecule has 2 atom stereocenters. The highest BCUT2D eigenvalue weighted by Crippen LogP contribution is 2.35. The van der Waals surface area contributed by atoms with Crippen LogP contribution in [0.1, 0.15) is 37.4 Å². The number of esters is 1. The summed E-state index contributed by atoms with van der Waals surface area (Å²) in [5, 5.41) is 0. The Balaban J connectivity index is 2.06. The first-order chi connectivity index (χ1) is 12.2. The van der Waals surface area contributed by atoms with Gasteiger partial charge in [-0.15, -0.1) is 0 Å². The molecule has 1 aliphatic rings. The normalized spacial score (nSPS) is 20.6. The summed E-state index contributed by atoms with van der Waals surface area (Å²) in [5.41, 5.74) is 2.37. The largest absolute Gasteiger partial charge is 0.465 e. The predicted molar refractivity (Wildman–Crippen MR) is 100 cm³/mol. The summed E-state index contributed by atoms with van der Waals surface area (Å²) in [4.78, 5) is 14.9. The number of ether oxygens (including phenoxy) is 1. The molecule has 130 valence electrons. The van der Waals surface area contributed by atoms with Crippen molar-refractivity contribution in [3.63, 3.8) is 0 Å². The molecule has 0 radical (unpaired) electrons. The van der Waals surface area contributed by atoms with Crippen LogP contribution >= 0.6 is 0 Å². The Kier molecular flexibility index (Phi) is 5.67. The predicted octanol–water partition coefficient (Wildman–Crippen LogP) is 4.36. The van der Waals surface area contributed by atoms with Crippen molar-refractivity contribution in [3.05, 3.63) is 83.9 Å². The van der Waals surface area contributed by atoms with E-state index in [1.54, 1.807) is 0 Å². The molecule has 2 aromatic rings. The van der Waals surface area contributed by atoms with Gasteiger partial charge in [0.15, 0.2) is 0 Å². The third kappa shape index (κ3) is 3.83. The van der Waals surface area contributed by atoms with E-state index < -0.39 is 0 Å². The SMILES string of the molecule is CCOC(=O)C1CC=CC(C)N1C(c1ccccc1)c1ccccc1. The lowest BCUT2D eigenvalue weighted by Gasteiger charge is -2.42. The number of nitrogens with zero attached hydrogens (tertiary/aromatic N) is 1. The third-order valence-corrected chi connectivity index (χ3v) is 4.69. The molecule has 0 fully saturated rings. The molecule has 1 heterocycles. The van der Waals surface area contributed by atoms with Gasteiger partial charge in [-0.1, -0.05) is 72.8 Å². The third-order valence-electron chi connectivity index (χ3n) is 4.69. The number of carbonyl (C=O) groups is 1. The minimum Gasteiger partial charge on any atom is -0.465 e. The van der Waals surface area contributed by atoms with Crippen LogP contribution in [0.15, 0.2) is 72.8 Å². The van der Waals surface area contributed by atoms with Gasteiger partial charge in [-0.3, -0.25) is 9.69 Å². The summed E-state index contributed by atoms with van der Waals surface area (Å²) in [7, 11) is 0. The Morgan fingerprint density at radius 1 is 1.08 bits per heavy atom. The van der Waals surface area contributed by atoms with Crippen molar-refractivity contribution < 1.29 is 9.53 Å². The highest BCUT2D eigenvalue weighted by molar-refractivity contribution is 5.76. The Bertz CT molecular complexity index is 672. The second-order valence-corrected chi connectivity index (χ2v) is 6.34. The number of benzene rings is 2. The molecule has 0 aliphatic carbocycles. The Morgan fingerprint density at radius 2 is 1.64 bits per heavy atom. The van der Waals surface area contributed by atoms with Gasteiger partial charge in [0.25, 0.3) is 0 Å². The van der Waals surface area contributed by atoms with Crippen LogP contribution < -0.4 is 0 Å². The van der Waals surface area contributed by atoms with Crippen LogP contribution in [-0.4, -0.2) is 29.6 Å². The lowest BCUT2D eigenvalue weighted by Crippen LogP contribution is -2.50. The van der Waals surface area contributed by atoms with Crippen LogP contribution in [0.5, 0.6) is 0 Å². The maximum Gasteiger partial charge on any atom is 0.323 e. The first-order valence-corrected chi connectivity index (χ1v) is 8.93. The standard InChI is InChI=1S/C22H25NO2/c1-3-25-22(24)20-16-10-11-17(2)23(20)21(18-12-6-4-7-13-18)19-14-8-5-9-15-19/h4-15,17,20-21H,3,16H2,1-2H3. The molecule has 2 aromatic carbocycles. The van der Waals surface area contributed by atoms with E-state index in [-0.39, 0.29) is 24.1 Å². The fourth-order valence-electron chi connectivity index (χ4n) is 3.59. The van der Waals surface area contributed by atoms with E-state index in [1.807, 2.05) is 19.1 Å². The zero-order valence-corrected chi connectivity index (χ0v) is 14.8. The maximum atomic E-state index is 12.6. The molecule has 0 saturated carbocycles. The molecule has 3 nitrogen and oxygen atoms in total. The van der Waals surface area contributed by atoms with Crippen LogP contribution in [0.2, 0.25) is 0 Å². The molecule has 0 N–H and O–H groups in total. The average molecular weight is 335 g/mol. The van der Waals surface area contributed by atoms with E-state index in [2.05, 4.69) is 72.5 Å². The summed E-state index contributed by atoms with van der Waals surface area (Å²) in [6, 6.07) is 20.7. The molecule has 1 aliphatic heterocycles. The molecule has 0 amide bonds. The van der Waals surface area contributed by atoms with Crippen molar-refractivity contribution in [3.8, 4) is 0 Å². The van der Waals surface area contributed by atoms with E-state index >= 15 is 0 Å². The second kappa shape index (κ2) is 8.13. The van der Waals surface area contributed by atoms with E-state index in [0.717, 1.165) is 0 Å². The number of rotatable bonds is 5. The van der Waals surface area contributed by atoms with E-state index in [0.29, 0.717) is 13.0 Å². The van der Waals surface area contributed by atoms with E-state index in [4.69, 9.17) is 4.74 Å². The van der Waals surface area contributed by atoms with E-state index in [1.165, 1.54) is 11.1 Å².